The molecular formula is C9H5Br2F5O. The molecule has 0 fully saturated rings. The highest BCUT2D eigenvalue weighted by Gasteiger charge is 2.70. The molecule has 0 N–H and O–H groups in total. The largest absolute Gasteiger partial charge is 0.450 e. The number of ether oxygens (including phenoxy) is 1. The molecule has 1 nitrogen and oxygen atoms in total. The number of benzene rings is 1. The van der Waals surface area contributed by atoms with Crippen molar-refractivity contribution in [3.8, 4) is 5.75 Å². The molecule has 0 amide bonds. The Morgan fingerprint density at radius 3 is 1.76 bits per heavy atom. The molecule has 0 aliphatic rings. The van der Waals surface area contributed by atoms with Gasteiger partial charge in [0.15, 0.2) is 0 Å². The van der Waals surface area contributed by atoms with E-state index in [4.69, 9.17) is 0 Å². The Morgan fingerprint density at radius 1 is 0.882 bits per heavy atom. The topological polar surface area (TPSA) is 9.23 Å². The van der Waals surface area contributed by atoms with Gasteiger partial charge in [-0.3, -0.25) is 0 Å². The van der Waals surface area contributed by atoms with E-state index in [1.54, 1.807) is 15.9 Å². The van der Waals surface area contributed by atoms with Gasteiger partial charge in [-0.15, -0.1) is 0 Å². The summed E-state index contributed by atoms with van der Waals surface area (Å²) in [7, 11) is 0. The second-order valence-electron chi connectivity index (χ2n) is 3.00. The molecule has 1 unspecified atom stereocenters. The third-order valence-electron chi connectivity index (χ3n) is 1.71. The zero-order chi connectivity index (χ0) is 13.3. The maximum absolute atomic E-state index is 13.3. The summed E-state index contributed by atoms with van der Waals surface area (Å²) in [6.45, 7) is 0. The van der Waals surface area contributed by atoms with Gasteiger partial charge in [-0.25, -0.2) is 4.39 Å². The van der Waals surface area contributed by atoms with Crippen LogP contribution >= 0.6 is 31.9 Å². The summed E-state index contributed by atoms with van der Waals surface area (Å²) in [6, 6.07) is 6.35. The lowest BCUT2D eigenvalue weighted by molar-refractivity contribution is -0.262. The molecular weight excluding hydrogens is 379 g/mol. The summed E-state index contributed by atoms with van der Waals surface area (Å²) in [6.07, 6.45) is -4.76. The van der Waals surface area contributed by atoms with E-state index in [0.29, 0.717) is 0 Å². The molecule has 0 aromatic heterocycles. The zero-order valence-electron chi connectivity index (χ0n) is 7.94. The monoisotopic (exact) mass is 382 g/mol. The maximum atomic E-state index is 13.3. The number of rotatable bonds is 4. The number of halogens is 7. The van der Waals surface area contributed by atoms with E-state index in [2.05, 4.69) is 4.74 Å². The minimum Gasteiger partial charge on any atom is -0.429 e. The molecule has 1 atom stereocenters. The molecule has 0 bridgehead atoms. The fourth-order valence-corrected chi connectivity index (χ4v) is 1.18. The normalized spacial score (nSPS) is 16.4. The van der Waals surface area contributed by atoms with Crippen LogP contribution in [0.5, 0.6) is 5.75 Å². The first-order valence-electron chi connectivity index (χ1n) is 4.14. The Labute approximate surface area is 110 Å². The van der Waals surface area contributed by atoms with Gasteiger partial charge >= 0.3 is 15.5 Å². The van der Waals surface area contributed by atoms with Crippen LogP contribution in [0.1, 0.15) is 0 Å². The van der Waals surface area contributed by atoms with Crippen LogP contribution in [-0.2, 0) is 0 Å². The van der Waals surface area contributed by atoms with Crippen molar-refractivity contribution in [1.82, 2.24) is 0 Å². The minimum atomic E-state index is -4.76. The number of para-hydroxylation sites is 1. The Balaban J connectivity index is 2.96. The predicted octanol–water partition coefficient (Wildman–Crippen LogP) is 4.71. The van der Waals surface area contributed by atoms with Crippen LogP contribution in [0.25, 0.3) is 0 Å². The lowest BCUT2D eigenvalue weighted by Gasteiger charge is -2.30. The van der Waals surface area contributed by atoms with Crippen LogP contribution < -0.4 is 4.74 Å². The second-order valence-corrected chi connectivity index (χ2v) is 5.09. The quantitative estimate of drug-likeness (QED) is 0.540. The maximum Gasteiger partial charge on any atom is 0.450 e. The molecule has 1 aromatic carbocycles. The fraction of sp³-hybridized carbons (Fsp3) is 0.333. The van der Waals surface area contributed by atoms with Crippen molar-refractivity contribution >= 4 is 31.9 Å². The highest BCUT2D eigenvalue weighted by molar-refractivity contribution is 9.12. The van der Waals surface area contributed by atoms with E-state index >= 15 is 0 Å². The van der Waals surface area contributed by atoms with E-state index in [0.717, 1.165) is 12.1 Å². The van der Waals surface area contributed by atoms with Crippen LogP contribution in [0.4, 0.5) is 22.0 Å². The summed E-state index contributed by atoms with van der Waals surface area (Å²) in [4.78, 5) is -4.50. The van der Waals surface area contributed by atoms with E-state index in [9.17, 15) is 22.0 Å². The van der Waals surface area contributed by atoms with Crippen LogP contribution in [0.15, 0.2) is 30.3 Å². The predicted molar refractivity (Wildman–Crippen MR) is 58.7 cm³/mol. The molecule has 0 aliphatic carbocycles. The lowest BCUT2D eigenvalue weighted by atomic mass is 10.3. The molecule has 0 saturated heterocycles. The first-order valence-corrected chi connectivity index (χ1v) is 5.73. The van der Waals surface area contributed by atoms with E-state index < -0.39 is 21.3 Å². The van der Waals surface area contributed by atoms with Crippen molar-refractivity contribution in [2.75, 3.05) is 0 Å². The number of hydrogen-bond donors (Lipinski definition) is 0. The van der Waals surface area contributed by atoms with E-state index in [1.807, 2.05) is 0 Å². The molecule has 8 heteroatoms. The van der Waals surface area contributed by atoms with Gasteiger partial charge < -0.3 is 4.74 Å². The SMILES string of the molecule is FC(F)(Br)C(F)(Br)C(F)(F)Oc1ccccc1. The van der Waals surface area contributed by atoms with Crippen LogP contribution in [0, 0.1) is 0 Å². The van der Waals surface area contributed by atoms with Gasteiger partial charge in [0.05, 0.1) is 0 Å². The van der Waals surface area contributed by atoms with Gasteiger partial charge in [0.25, 0.3) is 0 Å². The van der Waals surface area contributed by atoms with E-state index in [-0.39, 0.29) is 0 Å². The third-order valence-corrected chi connectivity index (χ3v) is 3.75. The summed E-state index contributed by atoms with van der Waals surface area (Å²) < 4.78 is 64.6. The van der Waals surface area contributed by atoms with Crippen molar-refractivity contribution in [1.29, 1.82) is 0 Å². The van der Waals surface area contributed by atoms with Crippen LogP contribution in [-0.4, -0.2) is 15.5 Å². The summed E-state index contributed by atoms with van der Waals surface area (Å²) in [5, 5.41) is 0. The van der Waals surface area contributed by atoms with E-state index in [1.165, 1.54) is 34.1 Å². The minimum absolute atomic E-state index is 0.435. The Kier molecular flexibility index (Phi) is 4.08. The average molecular weight is 384 g/mol. The second kappa shape index (κ2) is 4.72. The van der Waals surface area contributed by atoms with Crippen LogP contribution in [0.3, 0.4) is 0 Å². The van der Waals surface area contributed by atoms with Crippen molar-refractivity contribution in [2.45, 2.75) is 15.5 Å². The smallest absolute Gasteiger partial charge is 0.429 e. The molecule has 0 aliphatic heterocycles. The Bertz CT molecular complexity index is 377. The average Bonchev–Trinajstić information content (AvgIpc) is 2.16. The van der Waals surface area contributed by atoms with Gasteiger partial charge in [-0.05, 0) is 44.0 Å². The highest BCUT2D eigenvalue weighted by atomic mass is 79.9. The first-order chi connectivity index (χ1) is 7.58. The molecule has 17 heavy (non-hydrogen) atoms. The zero-order valence-corrected chi connectivity index (χ0v) is 11.1. The van der Waals surface area contributed by atoms with Crippen molar-refractivity contribution in [3.05, 3.63) is 30.3 Å². The molecule has 0 heterocycles. The third kappa shape index (κ3) is 3.09. The summed E-state index contributed by atoms with van der Waals surface area (Å²) >= 11 is 3.18. The Morgan fingerprint density at radius 2 is 1.35 bits per heavy atom. The summed E-state index contributed by atoms with van der Waals surface area (Å²) in [5.41, 5.74) is 0. The van der Waals surface area contributed by atoms with Gasteiger partial charge in [0.2, 0.25) is 0 Å². The van der Waals surface area contributed by atoms with Gasteiger partial charge in [-0.2, -0.15) is 17.6 Å². The van der Waals surface area contributed by atoms with Crippen LogP contribution in [0.2, 0.25) is 0 Å². The molecule has 96 valence electrons. The first kappa shape index (κ1) is 14.7. The van der Waals surface area contributed by atoms with Gasteiger partial charge in [0, 0.05) is 0 Å². The fourth-order valence-electron chi connectivity index (χ4n) is 0.866. The Hall–Kier alpha value is -0.370. The molecule has 1 rings (SSSR count). The highest BCUT2D eigenvalue weighted by Crippen LogP contribution is 2.52. The molecule has 1 aromatic rings. The van der Waals surface area contributed by atoms with Crippen molar-refractivity contribution in [3.63, 3.8) is 0 Å². The number of hydrogen-bond acceptors (Lipinski definition) is 1. The number of alkyl halides is 7. The standard InChI is InChI=1S/C9H5Br2F5O/c10-7(12,8(11,13)14)9(15,16)17-6-4-2-1-3-5-6/h1-5H. The van der Waals surface area contributed by atoms with Gasteiger partial charge in [0.1, 0.15) is 5.75 Å². The summed E-state index contributed by atoms with van der Waals surface area (Å²) in [5.74, 6) is -0.435. The molecule has 0 saturated carbocycles. The lowest BCUT2D eigenvalue weighted by Crippen LogP contribution is -2.53. The van der Waals surface area contributed by atoms with Crippen molar-refractivity contribution in [2.24, 2.45) is 0 Å². The van der Waals surface area contributed by atoms with Crippen molar-refractivity contribution < 1.29 is 26.7 Å². The molecule has 0 spiro atoms. The van der Waals surface area contributed by atoms with Gasteiger partial charge in [-0.1, -0.05) is 18.2 Å². The molecule has 0 radical (unpaired) electrons.